The van der Waals surface area contributed by atoms with E-state index in [1.54, 1.807) is 24.3 Å². The van der Waals surface area contributed by atoms with Crippen molar-refractivity contribution < 1.29 is 20.1 Å². The van der Waals surface area contributed by atoms with Crippen molar-refractivity contribution in [3.63, 3.8) is 0 Å². The second-order valence-corrected chi connectivity index (χ2v) is 7.23. The number of phenolic OH excluding ortho intramolecular Hbond substituents is 2. The van der Waals surface area contributed by atoms with Gasteiger partial charge in [-0.05, 0) is 60.1 Å². The average Bonchev–Trinajstić information content (AvgIpc) is 2.58. The Morgan fingerprint density at radius 2 is 1.32 bits per heavy atom. The quantitative estimate of drug-likeness (QED) is 0.784. The molecule has 3 N–H and O–H groups in total. The lowest BCUT2D eigenvalue weighted by atomic mass is 9.52. The van der Waals surface area contributed by atoms with Crippen molar-refractivity contribution in [2.24, 2.45) is 17.8 Å². The molecular formula is C21H24O4. The van der Waals surface area contributed by atoms with Crippen molar-refractivity contribution in [1.82, 2.24) is 0 Å². The number of carboxylic acid groups (broad SMARTS) is 1. The third kappa shape index (κ3) is 2.76. The summed E-state index contributed by atoms with van der Waals surface area (Å²) in [7, 11) is 0. The largest absolute Gasteiger partial charge is 0.508 e. The van der Waals surface area contributed by atoms with Crippen molar-refractivity contribution in [3.05, 3.63) is 59.7 Å². The first-order valence-electron chi connectivity index (χ1n) is 8.69. The average molecular weight is 340 g/mol. The third-order valence-corrected chi connectivity index (χ3v) is 5.85. The topological polar surface area (TPSA) is 77.8 Å². The van der Waals surface area contributed by atoms with Gasteiger partial charge in [0.15, 0.2) is 0 Å². The summed E-state index contributed by atoms with van der Waals surface area (Å²) >= 11 is 0. The fourth-order valence-electron chi connectivity index (χ4n) is 4.67. The van der Waals surface area contributed by atoms with Crippen LogP contribution in [0.2, 0.25) is 0 Å². The highest BCUT2D eigenvalue weighted by Crippen LogP contribution is 2.54. The predicted molar refractivity (Wildman–Crippen MR) is 95.7 cm³/mol. The first kappa shape index (κ1) is 17.3. The molecule has 4 nitrogen and oxygen atoms in total. The fourth-order valence-corrected chi connectivity index (χ4v) is 4.67. The Hall–Kier alpha value is -2.49. The second-order valence-electron chi connectivity index (χ2n) is 7.23. The highest BCUT2D eigenvalue weighted by molar-refractivity contribution is 5.75. The van der Waals surface area contributed by atoms with E-state index < -0.39 is 17.3 Å². The fraction of sp³-hybridized carbons (Fsp3) is 0.381. The standard InChI is InChI=1S/C21H24O4/c1-13-3-4-14(2)21(19(13)20(24)25,15-5-9-17(22)10-6-15)16-7-11-18(23)12-8-16/h5-14,19,22-23H,3-4H2,1-2H3,(H,24,25). The summed E-state index contributed by atoms with van der Waals surface area (Å²) in [5.41, 5.74) is 1.08. The van der Waals surface area contributed by atoms with Gasteiger partial charge < -0.3 is 15.3 Å². The SMILES string of the molecule is CC1CCC(C)C(c2ccc(O)cc2)(c2ccc(O)cc2)C1C(=O)O. The molecule has 4 heteroatoms. The van der Waals surface area contributed by atoms with Crippen molar-refractivity contribution in [2.45, 2.75) is 32.1 Å². The molecule has 0 bridgehead atoms. The first-order chi connectivity index (χ1) is 11.9. The Kier molecular flexibility index (Phi) is 4.46. The molecule has 1 aliphatic carbocycles. The van der Waals surface area contributed by atoms with E-state index in [1.165, 1.54) is 0 Å². The summed E-state index contributed by atoms with van der Waals surface area (Å²) in [6.45, 7) is 4.10. The Balaban J connectivity index is 2.31. The lowest BCUT2D eigenvalue weighted by Crippen LogP contribution is -2.51. The van der Waals surface area contributed by atoms with Crippen molar-refractivity contribution >= 4 is 5.97 Å². The van der Waals surface area contributed by atoms with Gasteiger partial charge in [0.25, 0.3) is 0 Å². The maximum atomic E-state index is 12.3. The van der Waals surface area contributed by atoms with Gasteiger partial charge in [-0.2, -0.15) is 0 Å². The summed E-state index contributed by atoms with van der Waals surface area (Å²) in [6, 6.07) is 13.8. The molecule has 1 fully saturated rings. The Morgan fingerprint density at radius 1 is 0.880 bits per heavy atom. The van der Waals surface area contributed by atoms with Crippen LogP contribution in [0.1, 0.15) is 37.8 Å². The number of aromatic hydroxyl groups is 2. The molecule has 3 atom stereocenters. The molecule has 132 valence electrons. The van der Waals surface area contributed by atoms with E-state index in [9.17, 15) is 20.1 Å². The van der Waals surface area contributed by atoms with E-state index in [-0.39, 0.29) is 23.3 Å². The zero-order chi connectivity index (χ0) is 18.2. The zero-order valence-corrected chi connectivity index (χ0v) is 14.5. The van der Waals surface area contributed by atoms with Crippen LogP contribution in [-0.2, 0) is 10.2 Å². The molecule has 0 saturated heterocycles. The van der Waals surface area contributed by atoms with Crippen LogP contribution >= 0.6 is 0 Å². The summed E-state index contributed by atoms with van der Waals surface area (Å²) < 4.78 is 0. The van der Waals surface area contributed by atoms with Crippen LogP contribution in [0, 0.1) is 17.8 Å². The molecule has 0 amide bonds. The number of hydrogen-bond acceptors (Lipinski definition) is 3. The van der Waals surface area contributed by atoms with Gasteiger partial charge in [0.05, 0.1) is 5.92 Å². The zero-order valence-electron chi connectivity index (χ0n) is 14.5. The Morgan fingerprint density at radius 3 is 1.72 bits per heavy atom. The summed E-state index contributed by atoms with van der Waals surface area (Å²) in [4.78, 5) is 12.3. The minimum Gasteiger partial charge on any atom is -0.508 e. The molecule has 0 heterocycles. The predicted octanol–water partition coefficient (Wildman–Crippen LogP) is 4.15. The lowest BCUT2D eigenvalue weighted by molar-refractivity contribution is -0.148. The summed E-state index contributed by atoms with van der Waals surface area (Å²) in [6.07, 6.45) is 1.79. The summed E-state index contributed by atoms with van der Waals surface area (Å²) in [5, 5.41) is 29.5. The normalized spacial score (nSPS) is 25.4. The van der Waals surface area contributed by atoms with E-state index in [0.29, 0.717) is 0 Å². The lowest BCUT2D eigenvalue weighted by Gasteiger charge is -2.50. The number of phenols is 2. The second kappa shape index (κ2) is 6.43. The van der Waals surface area contributed by atoms with E-state index in [0.717, 1.165) is 24.0 Å². The van der Waals surface area contributed by atoms with E-state index >= 15 is 0 Å². The molecule has 1 saturated carbocycles. The van der Waals surface area contributed by atoms with Gasteiger partial charge in [0.1, 0.15) is 11.5 Å². The van der Waals surface area contributed by atoms with Crippen LogP contribution in [0.4, 0.5) is 0 Å². The number of hydrogen-bond donors (Lipinski definition) is 3. The van der Waals surface area contributed by atoms with E-state index in [1.807, 2.05) is 31.2 Å². The minimum absolute atomic E-state index is 0.0244. The maximum absolute atomic E-state index is 12.3. The molecule has 3 rings (SSSR count). The van der Waals surface area contributed by atoms with Gasteiger partial charge in [0.2, 0.25) is 0 Å². The number of benzene rings is 2. The monoisotopic (exact) mass is 340 g/mol. The van der Waals surface area contributed by atoms with Crippen LogP contribution in [0.3, 0.4) is 0 Å². The third-order valence-electron chi connectivity index (χ3n) is 5.85. The minimum atomic E-state index is -0.805. The smallest absolute Gasteiger partial charge is 0.308 e. The number of aliphatic carboxylic acids is 1. The van der Waals surface area contributed by atoms with Crippen molar-refractivity contribution in [3.8, 4) is 11.5 Å². The van der Waals surface area contributed by atoms with Gasteiger partial charge in [-0.3, -0.25) is 4.79 Å². The van der Waals surface area contributed by atoms with Gasteiger partial charge in [-0.1, -0.05) is 38.1 Å². The van der Waals surface area contributed by atoms with Gasteiger partial charge >= 0.3 is 5.97 Å². The molecular weight excluding hydrogens is 316 g/mol. The molecule has 0 radical (unpaired) electrons. The highest BCUT2D eigenvalue weighted by atomic mass is 16.4. The van der Waals surface area contributed by atoms with Crippen LogP contribution in [0.5, 0.6) is 11.5 Å². The van der Waals surface area contributed by atoms with Gasteiger partial charge in [-0.15, -0.1) is 0 Å². The molecule has 2 aromatic carbocycles. The van der Waals surface area contributed by atoms with Crippen LogP contribution in [0.15, 0.2) is 48.5 Å². The molecule has 2 aromatic rings. The van der Waals surface area contributed by atoms with Gasteiger partial charge in [-0.25, -0.2) is 0 Å². The summed E-state index contributed by atoms with van der Waals surface area (Å²) in [5.74, 6) is -0.929. The molecule has 0 aromatic heterocycles. The molecule has 3 unspecified atom stereocenters. The molecule has 1 aliphatic rings. The highest BCUT2D eigenvalue weighted by Gasteiger charge is 2.54. The van der Waals surface area contributed by atoms with Crippen LogP contribution in [0.25, 0.3) is 0 Å². The number of carboxylic acids is 1. The molecule has 0 aliphatic heterocycles. The van der Waals surface area contributed by atoms with E-state index in [2.05, 4.69) is 6.92 Å². The van der Waals surface area contributed by atoms with Crippen molar-refractivity contribution in [2.75, 3.05) is 0 Å². The van der Waals surface area contributed by atoms with Gasteiger partial charge in [0, 0.05) is 5.41 Å². The Bertz CT molecular complexity index is 703. The molecule has 0 spiro atoms. The van der Waals surface area contributed by atoms with Crippen LogP contribution < -0.4 is 0 Å². The first-order valence-corrected chi connectivity index (χ1v) is 8.69. The Labute approximate surface area is 147 Å². The molecule has 25 heavy (non-hydrogen) atoms. The maximum Gasteiger partial charge on any atom is 0.308 e. The van der Waals surface area contributed by atoms with Crippen LogP contribution in [-0.4, -0.2) is 21.3 Å². The van der Waals surface area contributed by atoms with Crippen molar-refractivity contribution in [1.29, 1.82) is 0 Å². The number of rotatable bonds is 3. The van der Waals surface area contributed by atoms with E-state index in [4.69, 9.17) is 0 Å². The number of carbonyl (C=O) groups is 1.